The first-order valence-corrected chi connectivity index (χ1v) is 11.1. The van der Waals surface area contributed by atoms with Crippen molar-refractivity contribution in [3.05, 3.63) is 42.3 Å². The van der Waals surface area contributed by atoms with Crippen LogP contribution in [0.2, 0.25) is 0 Å². The minimum atomic E-state index is -3.45. The van der Waals surface area contributed by atoms with Crippen molar-refractivity contribution in [2.24, 2.45) is 0 Å². The third kappa shape index (κ3) is 3.46. The molecule has 2 aromatic carbocycles. The molecule has 2 aliphatic heterocycles. The van der Waals surface area contributed by atoms with Crippen molar-refractivity contribution in [3.63, 3.8) is 0 Å². The van der Waals surface area contributed by atoms with Crippen LogP contribution in [-0.4, -0.2) is 43.6 Å². The Morgan fingerprint density at radius 2 is 1.84 bits per heavy atom. The molecule has 0 N–H and O–H groups in total. The van der Waals surface area contributed by atoms with Crippen molar-refractivity contribution in [3.8, 4) is 28.6 Å². The van der Waals surface area contributed by atoms with Crippen molar-refractivity contribution in [2.45, 2.75) is 18.4 Å². The van der Waals surface area contributed by atoms with Gasteiger partial charge in [-0.3, -0.25) is 9.69 Å². The lowest BCUT2D eigenvalue weighted by Crippen LogP contribution is -2.38. The monoisotopic (exact) mass is 443 g/mol. The minimum absolute atomic E-state index is 0.0254. The maximum Gasteiger partial charge on any atom is 0.265 e. The van der Waals surface area contributed by atoms with Crippen LogP contribution in [-0.2, 0) is 21.2 Å². The van der Waals surface area contributed by atoms with E-state index in [9.17, 15) is 13.2 Å². The third-order valence-electron chi connectivity index (χ3n) is 5.00. The molecule has 0 radical (unpaired) electrons. The van der Waals surface area contributed by atoms with Crippen LogP contribution in [0.1, 0.15) is 12.8 Å². The Kier molecular flexibility index (Phi) is 4.54. The standard InChI is InChI=1S/C20H17N3O7S/c1-2-31(25,26)13-4-6-15-14(8-13)23(19(24)10-27-15)9-18-21-20(22-30-18)12-3-5-16-17(7-12)29-11-28-16/h3-8H,2,9-11H2,1H3. The lowest BCUT2D eigenvalue weighted by Gasteiger charge is -2.28. The highest BCUT2D eigenvalue weighted by molar-refractivity contribution is 7.91. The van der Waals surface area contributed by atoms with Gasteiger partial charge >= 0.3 is 0 Å². The highest BCUT2D eigenvalue weighted by Crippen LogP contribution is 2.37. The number of ether oxygens (including phenoxy) is 3. The van der Waals surface area contributed by atoms with Gasteiger partial charge in [0.05, 0.1) is 16.3 Å². The van der Waals surface area contributed by atoms with Crippen LogP contribution in [0, 0.1) is 0 Å². The molecule has 10 nitrogen and oxygen atoms in total. The van der Waals surface area contributed by atoms with Crippen LogP contribution in [0.3, 0.4) is 0 Å². The average Bonchev–Trinajstić information content (AvgIpc) is 3.44. The predicted octanol–water partition coefficient (Wildman–Crippen LogP) is 2.18. The molecule has 0 saturated heterocycles. The molecule has 0 fully saturated rings. The Morgan fingerprint density at radius 3 is 2.68 bits per heavy atom. The van der Waals surface area contributed by atoms with Crippen LogP contribution in [0.4, 0.5) is 5.69 Å². The molecule has 160 valence electrons. The van der Waals surface area contributed by atoms with Gasteiger partial charge in [-0.15, -0.1) is 0 Å². The summed E-state index contributed by atoms with van der Waals surface area (Å²) in [5, 5.41) is 3.98. The van der Waals surface area contributed by atoms with Gasteiger partial charge in [-0.05, 0) is 36.4 Å². The first-order chi connectivity index (χ1) is 14.9. The quantitative estimate of drug-likeness (QED) is 0.584. The number of carbonyl (C=O) groups is 1. The molecule has 0 spiro atoms. The second kappa shape index (κ2) is 7.27. The number of carbonyl (C=O) groups excluding carboxylic acids is 1. The Morgan fingerprint density at radius 1 is 1.03 bits per heavy atom. The summed E-state index contributed by atoms with van der Waals surface area (Å²) in [5.74, 6) is 1.76. The molecule has 0 atom stereocenters. The molecule has 1 aromatic heterocycles. The molecular formula is C20H17N3O7S. The van der Waals surface area contributed by atoms with Gasteiger partial charge in [-0.25, -0.2) is 8.42 Å². The SMILES string of the molecule is CCS(=O)(=O)c1ccc2c(c1)N(Cc1nc(-c3ccc4c(c3)OCO4)no1)C(=O)CO2. The molecule has 1 amide bonds. The fourth-order valence-corrected chi connectivity index (χ4v) is 4.22. The highest BCUT2D eigenvalue weighted by Gasteiger charge is 2.29. The smallest absolute Gasteiger partial charge is 0.265 e. The molecule has 31 heavy (non-hydrogen) atoms. The first-order valence-electron chi connectivity index (χ1n) is 9.47. The Balaban J connectivity index is 1.45. The Hall–Kier alpha value is -3.60. The first kappa shape index (κ1) is 19.4. The van der Waals surface area contributed by atoms with Crippen LogP contribution in [0.25, 0.3) is 11.4 Å². The summed E-state index contributed by atoms with van der Waals surface area (Å²) >= 11 is 0. The van der Waals surface area contributed by atoms with Crippen molar-refractivity contribution < 1.29 is 31.9 Å². The highest BCUT2D eigenvalue weighted by atomic mass is 32.2. The Bertz CT molecular complexity index is 1290. The molecule has 0 unspecified atom stereocenters. The zero-order chi connectivity index (χ0) is 21.6. The summed E-state index contributed by atoms with van der Waals surface area (Å²) < 4.78 is 46.0. The number of aromatic nitrogens is 2. The number of fused-ring (bicyclic) bond motifs is 2. The third-order valence-corrected chi connectivity index (χ3v) is 6.74. The van der Waals surface area contributed by atoms with Crippen LogP contribution in [0.5, 0.6) is 17.2 Å². The zero-order valence-corrected chi connectivity index (χ0v) is 17.2. The fourth-order valence-electron chi connectivity index (χ4n) is 3.32. The maximum atomic E-state index is 12.5. The van der Waals surface area contributed by atoms with E-state index < -0.39 is 9.84 Å². The normalized spacial score (nSPS) is 15.0. The fraction of sp³-hybridized carbons (Fsp3) is 0.250. The van der Waals surface area contributed by atoms with Gasteiger partial charge in [-0.1, -0.05) is 12.1 Å². The summed E-state index contributed by atoms with van der Waals surface area (Å²) in [6, 6.07) is 9.72. The topological polar surface area (TPSA) is 121 Å². The number of amides is 1. The molecule has 3 aromatic rings. The van der Waals surface area contributed by atoms with Crippen molar-refractivity contribution >= 4 is 21.4 Å². The van der Waals surface area contributed by atoms with Gasteiger partial charge in [-0.2, -0.15) is 4.98 Å². The lowest BCUT2D eigenvalue weighted by molar-refractivity contribution is -0.121. The van der Waals surface area contributed by atoms with E-state index in [1.165, 1.54) is 17.0 Å². The van der Waals surface area contributed by atoms with Gasteiger partial charge in [0.1, 0.15) is 12.3 Å². The largest absolute Gasteiger partial charge is 0.482 e. The molecular weight excluding hydrogens is 426 g/mol. The number of rotatable bonds is 5. The molecule has 0 saturated carbocycles. The van der Waals surface area contributed by atoms with E-state index in [0.717, 1.165) is 0 Å². The molecule has 0 aliphatic carbocycles. The number of hydrogen-bond acceptors (Lipinski definition) is 9. The van der Waals surface area contributed by atoms with E-state index in [1.54, 1.807) is 31.2 Å². The summed E-state index contributed by atoms with van der Waals surface area (Å²) in [7, 11) is -3.45. The van der Waals surface area contributed by atoms with E-state index in [4.69, 9.17) is 18.7 Å². The molecule has 2 aliphatic rings. The van der Waals surface area contributed by atoms with Gasteiger partial charge in [0, 0.05) is 5.56 Å². The average molecular weight is 443 g/mol. The number of anilines is 1. The van der Waals surface area contributed by atoms with E-state index in [-0.39, 0.29) is 42.4 Å². The summed E-state index contributed by atoms with van der Waals surface area (Å²) in [4.78, 5) is 18.4. The number of sulfone groups is 1. The zero-order valence-electron chi connectivity index (χ0n) is 16.4. The van der Waals surface area contributed by atoms with Crippen LogP contribution >= 0.6 is 0 Å². The van der Waals surface area contributed by atoms with Crippen molar-refractivity contribution in [2.75, 3.05) is 24.1 Å². The molecule has 3 heterocycles. The van der Waals surface area contributed by atoms with E-state index in [2.05, 4.69) is 10.1 Å². The predicted molar refractivity (Wildman–Crippen MR) is 107 cm³/mol. The van der Waals surface area contributed by atoms with Crippen molar-refractivity contribution in [1.29, 1.82) is 0 Å². The number of benzene rings is 2. The molecule has 11 heteroatoms. The van der Waals surface area contributed by atoms with Gasteiger partial charge in [0.15, 0.2) is 27.9 Å². The second-order valence-corrected chi connectivity index (χ2v) is 9.16. The van der Waals surface area contributed by atoms with Crippen LogP contribution in [0.15, 0.2) is 45.8 Å². The van der Waals surface area contributed by atoms with Crippen LogP contribution < -0.4 is 19.1 Å². The van der Waals surface area contributed by atoms with E-state index >= 15 is 0 Å². The summed E-state index contributed by atoms with van der Waals surface area (Å²) in [5.41, 5.74) is 1.01. The molecule has 0 bridgehead atoms. The lowest BCUT2D eigenvalue weighted by atomic mass is 10.2. The Labute approximate surface area is 177 Å². The molecule has 5 rings (SSSR count). The van der Waals surface area contributed by atoms with Gasteiger partial charge in [0.2, 0.25) is 18.5 Å². The number of hydrogen-bond donors (Lipinski definition) is 0. The van der Waals surface area contributed by atoms with E-state index in [0.29, 0.717) is 34.3 Å². The second-order valence-electron chi connectivity index (χ2n) is 6.88. The van der Waals surface area contributed by atoms with Gasteiger partial charge in [0.25, 0.3) is 5.91 Å². The summed E-state index contributed by atoms with van der Waals surface area (Å²) in [6.45, 7) is 1.52. The van der Waals surface area contributed by atoms with Crippen molar-refractivity contribution in [1.82, 2.24) is 10.1 Å². The number of nitrogens with zero attached hydrogens (tertiary/aromatic N) is 3. The van der Waals surface area contributed by atoms with E-state index in [1.807, 2.05) is 0 Å². The summed E-state index contributed by atoms with van der Waals surface area (Å²) in [6.07, 6.45) is 0. The van der Waals surface area contributed by atoms with Gasteiger partial charge < -0.3 is 18.7 Å². The maximum absolute atomic E-state index is 12.5. The minimum Gasteiger partial charge on any atom is -0.482 e.